The van der Waals surface area contributed by atoms with Crippen LogP contribution in [0, 0.1) is 0 Å². The zero-order chi connectivity index (χ0) is 11.5. The van der Waals surface area contributed by atoms with Crippen molar-refractivity contribution in [2.75, 3.05) is 0 Å². The van der Waals surface area contributed by atoms with Crippen LogP contribution in [0.1, 0.15) is 24.9 Å². The summed E-state index contributed by atoms with van der Waals surface area (Å²) in [6.45, 7) is 2.09. The Morgan fingerprint density at radius 2 is 1.94 bits per heavy atom. The highest BCUT2D eigenvalue weighted by Gasteiger charge is 2.08. The summed E-state index contributed by atoms with van der Waals surface area (Å²) in [5.41, 5.74) is 8.18. The number of halogens is 1. The van der Waals surface area contributed by atoms with Crippen molar-refractivity contribution < 1.29 is 4.42 Å². The molecule has 2 aromatic rings. The van der Waals surface area contributed by atoms with Gasteiger partial charge in [-0.2, -0.15) is 0 Å². The van der Waals surface area contributed by atoms with Crippen LogP contribution in [0.2, 0.25) is 0 Å². The summed E-state index contributed by atoms with van der Waals surface area (Å²) in [4.78, 5) is 0. The normalized spacial score (nSPS) is 12.7. The largest absolute Gasteiger partial charge is 0.463 e. The van der Waals surface area contributed by atoms with E-state index in [1.807, 2.05) is 18.2 Å². The molecule has 2 N–H and O–H groups in total. The van der Waals surface area contributed by atoms with Gasteiger partial charge in [0.2, 0.25) is 0 Å². The molecule has 0 amide bonds. The number of nitrogens with two attached hydrogens (primary N) is 1. The van der Waals surface area contributed by atoms with Crippen molar-refractivity contribution in [3.63, 3.8) is 0 Å². The summed E-state index contributed by atoms with van der Waals surface area (Å²) in [6, 6.07) is 10.2. The maximum Gasteiger partial charge on any atom is 0.148 e. The van der Waals surface area contributed by atoms with Gasteiger partial charge in [-0.3, -0.25) is 0 Å². The minimum atomic E-state index is 0.120. The molecular weight excluding hydrogens is 266 g/mol. The van der Waals surface area contributed by atoms with Gasteiger partial charge in [0.1, 0.15) is 5.76 Å². The predicted octanol–water partition coefficient (Wildman–Crippen LogP) is 4.12. The van der Waals surface area contributed by atoms with Crippen LogP contribution in [0.3, 0.4) is 0 Å². The number of benzene rings is 1. The van der Waals surface area contributed by atoms with Gasteiger partial charge in [-0.15, -0.1) is 0 Å². The monoisotopic (exact) mass is 279 g/mol. The van der Waals surface area contributed by atoms with Crippen molar-refractivity contribution in [1.82, 2.24) is 0 Å². The van der Waals surface area contributed by atoms with Crippen molar-refractivity contribution in [3.05, 3.63) is 46.6 Å². The van der Waals surface area contributed by atoms with Crippen molar-refractivity contribution >= 4 is 15.9 Å². The zero-order valence-corrected chi connectivity index (χ0v) is 10.7. The summed E-state index contributed by atoms with van der Waals surface area (Å²) >= 11 is 3.45. The molecule has 0 spiro atoms. The molecule has 0 fully saturated rings. The van der Waals surface area contributed by atoms with Crippen LogP contribution < -0.4 is 5.73 Å². The molecule has 0 aliphatic rings. The standard InChI is InChI=1S/C13H14BrNO/c1-2-12(15)9-3-5-10(6-4-9)13-11(14)7-8-16-13/h3-8,12H,2,15H2,1H3. The van der Waals surface area contributed by atoms with E-state index in [4.69, 9.17) is 10.2 Å². The van der Waals surface area contributed by atoms with Crippen LogP contribution in [0.25, 0.3) is 11.3 Å². The second-order valence-corrected chi connectivity index (χ2v) is 4.59. The molecule has 3 heteroatoms. The van der Waals surface area contributed by atoms with Gasteiger partial charge >= 0.3 is 0 Å². The fourth-order valence-corrected chi connectivity index (χ4v) is 2.05. The summed E-state index contributed by atoms with van der Waals surface area (Å²) in [5, 5.41) is 0. The van der Waals surface area contributed by atoms with Crippen molar-refractivity contribution in [2.45, 2.75) is 19.4 Å². The molecular formula is C13H14BrNO. The SMILES string of the molecule is CCC(N)c1ccc(-c2occc2Br)cc1. The first-order valence-corrected chi connectivity index (χ1v) is 6.10. The van der Waals surface area contributed by atoms with E-state index in [2.05, 4.69) is 35.0 Å². The van der Waals surface area contributed by atoms with Crippen LogP contribution >= 0.6 is 15.9 Å². The van der Waals surface area contributed by atoms with Gasteiger partial charge in [-0.05, 0) is 34.0 Å². The molecule has 1 aromatic heterocycles. The summed E-state index contributed by atoms with van der Waals surface area (Å²) in [7, 11) is 0. The minimum absolute atomic E-state index is 0.120. The highest BCUT2D eigenvalue weighted by molar-refractivity contribution is 9.10. The van der Waals surface area contributed by atoms with E-state index >= 15 is 0 Å². The van der Waals surface area contributed by atoms with Crippen LogP contribution in [0.5, 0.6) is 0 Å². The third-order valence-electron chi connectivity index (χ3n) is 2.66. The third kappa shape index (κ3) is 2.20. The van der Waals surface area contributed by atoms with Crippen LogP contribution in [0.4, 0.5) is 0 Å². The van der Waals surface area contributed by atoms with Gasteiger partial charge in [0.15, 0.2) is 0 Å². The van der Waals surface area contributed by atoms with E-state index < -0.39 is 0 Å². The first-order valence-electron chi connectivity index (χ1n) is 5.31. The maximum atomic E-state index is 5.96. The fourth-order valence-electron chi connectivity index (χ4n) is 1.62. The summed E-state index contributed by atoms with van der Waals surface area (Å²) < 4.78 is 6.37. The first kappa shape index (κ1) is 11.4. The Morgan fingerprint density at radius 1 is 1.25 bits per heavy atom. The quantitative estimate of drug-likeness (QED) is 0.918. The maximum absolute atomic E-state index is 5.96. The highest BCUT2D eigenvalue weighted by atomic mass is 79.9. The Morgan fingerprint density at radius 3 is 2.44 bits per heavy atom. The molecule has 0 aliphatic heterocycles. The zero-order valence-electron chi connectivity index (χ0n) is 9.11. The molecule has 0 bridgehead atoms. The average Bonchev–Trinajstić information content (AvgIpc) is 2.75. The van der Waals surface area contributed by atoms with Crippen molar-refractivity contribution in [2.24, 2.45) is 5.73 Å². The van der Waals surface area contributed by atoms with Crippen LogP contribution in [-0.2, 0) is 0 Å². The highest BCUT2D eigenvalue weighted by Crippen LogP contribution is 2.29. The number of hydrogen-bond acceptors (Lipinski definition) is 2. The molecule has 0 aliphatic carbocycles. The van der Waals surface area contributed by atoms with E-state index in [9.17, 15) is 0 Å². The van der Waals surface area contributed by atoms with Gasteiger partial charge in [-0.1, -0.05) is 31.2 Å². The Hall–Kier alpha value is -1.06. The molecule has 1 atom stereocenters. The van der Waals surface area contributed by atoms with Crippen LogP contribution in [0.15, 0.2) is 45.5 Å². The van der Waals surface area contributed by atoms with Gasteiger partial charge < -0.3 is 10.2 Å². The first-order chi connectivity index (χ1) is 7.72. The van der Waals surface area contributed by atoms with E-state index in [1.165, 1.54) is 0 Å². The van der Waals surface area contributed by atoms with Gasteiger partial charge in [0, 0.05) is 11.6 Å². The minimum Gasteiger partial charge on any atom is -0.463 e. The molecule has 2 rings (SSSR count). The van der Waals surface area contributed by atoms with Gasteiger partial charge in [0.05, 0.1) is 10.7 Å². The molecule has 1 aromatic carbocycles. The van der Waals surface area contributed by atoms with E-state index in [1.54, 1.807) is 6.26 Å². The molecule has 2 nitrogen and oxygen atoms in total. The molecule has 1 heterocycles. The molecule has 16 heavy (non-hydrogen) atoms. The fraction of sp³-hybridized carbons (Fsp3) is 0.231. The van der Waals surface area contributed by atoms with Gasteiger partial charge in [0.25, 0.3) is 0 Å². The van der Waals surface area contributed by atoms with Crippen LogP contribution in [-0.4, -0.2) is 0 Å². The molecule has 84 valence electrons. The number of hydrogen-bond donors (Lipinski definition) is 1. The third-order valence-corrected chi connectivity index (χ3v) is 3.28. The lowest BCUT2D eigenvalue weighted by Crippen LogP contribution is -2.07. The Bertz CT molecular complexity index is 461. The Labute approximate surface area is 104 Å². The summed E-state index contributed by atoms with van der Waals surface area (Å²) in [5.74, 6) is 0.858. The number of furan rings is 1. The topological polar surface area (TPSA) is 39.2 Å². The lowest BCUT2D eigenvalue weighted by Gasteiger charge is -2.09. The second kappa shape index (κ2) is 4.85. The molecule has 1 unspecified atom stereocenters. The Balaban J connectivity index is 2.30. The summed E-state index contributed by atoms with van der Waals surface area (Å²) in [6.07, 6.45) is 2.62. The second-order valence-electron chi connectivity index (χ2n) is 3.73. The lowest BCUT2D eigenvalue weighted by atomic mass is 10.0. The van der Waals surface area contributed by atoms with E-state index in [-0.39, 0.29) is 6.04 Å². The van der Waals surface area contributed by atoms with E-state index in [0.29, 0.717) is 0 Å². The lowest BCUT2D eigenvalue weighted by molar-refractivity contribution is 0.581. The Kier molecular flexibility index (Phi) is 3.46. The van der Waals surface area contributed by atoms with Crippen molar-refractivity contribution in [1.29, 1.82) is 0 Å². The molecule has 0 radical (unpaired) electrons. The van der Waals surface area contributed by atoms with Crippen molar-refractivity contribution in [3.8, 4) is 11.3 Å². The number of rotatable bonds is 3. The van der Waals surface area contributed by atoms with Gasteiger partial charge in [-0.25, -0.2) is 0 Å². The smallest absolute Gasteiger partial charge is 0.148 e. The predicted molar refractivity (Wildman–Crippen MR) is 69.1 cm³/mol. The molecule has 0 saturated carbocycles. The van der Waals surface area contributed by atoms with E-state index in [0.717, 1.165) is 27.8 Å². The average molecular weight is 280 g/mol. The molecule has 0 saturated heterocycles.